The summed E-state index contributed by atoms with van der Waals surface area (Å²) in [5.74, 6) is 9.19. The van der Waals surface area contributed by atoms with Crippen LogP contribution >= 0.6 is 0 Å². The van der Waals surface area contributed by atoms with Crippen molar-refractivity contribution in [3.63, 3.8) is 0 Å². The van der Waals surface area contributed by atoms with Gasteiger partial charge in [-0.25, -0.2) is 0 Å². The summed E-state index contributed by atoms with van der Waals surface area (Å²) in [6.45, 7) is 7.85. The summed E-state index contributed by atoms with van der Waals surface area (Å²) in [7, 11) is 0. The zero-order chi connectivity index (χ0) is 20.9. The smallest absolute Gasteiger partial charge is 0.0962 e. The predicted octanol–water partition coefficient (Wildman–Crippen LogP) is 6.32. The lowest BCUT2D eigenvalue weighted by molar-refractivity contribution is 0.00148. The quantitative estimate of drug-likeness (QED) is 0.473. The molecule has 3 nitrogen and oxygen atoms in total. The number of nitrogens with zero attached hydrogens (tertiary/aromatic N) is 1. The molecule has 1 aromatic rings. The van der Waals surface area contributed by atoms with E-state index < -0.39 is 0 Å². The van der Waals surface area contributed by atoms with Gasteiger partial charge >= 0.3 is 0 Å². The van der Waals surface area contributed by atoms with Gasteiger partial charge in [-0.15, -0.1) is 0 Å². The van der Waals surface area contributed by atoms with Gasteiger partial charge in [0.05, 0.1) is 12.4 Å². The maximum Gasteiger partial charge on any atom is 0.0962 e. The van der Waals surface area contributed by atoms with Crippen molar-refractivity contribution in [2.45, 2.75) is 65.7 Å². The summed E-state index contributed by atoms with van der Waals surface area (Å²) < 4.78 is 6.01. The minimum Gasteiger partial charge on any atom is -0.498 e. The molecule has 30 heavy (non-hydrogen) atoms. The molecule has 4 aliphatic carbocycles. The number of rotatable bonds is 3. The molecule has 1 aromatic carbocycles. The Morgan fingerprint density at radius 3 is 2.53 bits per heavy atom. The van der Waals surface area contributed by atoms with Crippen LogP contribution in [-0.4, -0.2) is 12.3 Å². The van der Waals surface area contributed by atoms with Crippen LogP contribution in [0.4, 0.5) is 0 Å². The Morgan fingerprint density at radius 2 is 1.80 bits per heavy atom. The summed E-state index contributed by atoms with van der Waals surface area (Å²) >= 11 is 0. The van der Waals surface area contributed by atoms with E-state index in [4.69, 9.17) is 10.6 Å². The number of hydrogen-bond donors (Lipinski definition) is 1. The predicted molar refractivity (Wildman–Crippen MR) is 124 cm³/mol. The molecule has 160 valence electrons. The summed E-state index contributed by atoms with van der Waals surface area (Å²) in [5.41, 5.74) is 6.21. The van der Waals surface area contributed by atoms with E-state index in [-0.39, 0.29) is 10.8 Å². The second kappa shape index (κ2) is 7.28. The van der Waals surface area contributed by atoms with E-state index in [1.807, 2.05) is 0 Å². The van der Waals surface area contributed by atoms with Crippen molar-refractivity contribution in [1.82, 2.24) is 0 Å². The molecule has 4 aliphatic rings. The van der Waals surface area contributed by atoms with Gasteiger partial charge in [-0.05, 0) is 91.4 Å². The van der Waals surface area contributed by atoms with E-state index in [2.05, 4.69) is 62.3 Å². The SMILES string of the molecule is CCOC1=CC2=C(c3ccccc3)C[C@@H]3[C@H](CC[C@]4(C)/C(=N/N)CC[C@@H]34)[C@@]2(C)CC1. The fourth-order valence-electron chi connectivity index (χ4n) is 7.65. The van der Waals surface area contributed by atoms with Crippen LogP contribution in [0.15, 0.2) is 52.8 Å². The molecule has 2 N–H and O–H groups in total. The second-order valence-electron chi connectivity index (χ2n) is 10.4. The number of ether oxygens (including phenoxy) is 1. The first-order chi connectivity index (χ1) is 14.5. The van der Waals surface area contributed by atoms with Crippen LogP contribution in [-0.2, 0) is 4.74 Å². The van der Waals surface area contributed by atoms with Crippen molar-refractivity contribution in [1.29, 1.82) is 0 Å². The first kappa shape index (κ1) is 19.9. The summed E-state index contributed by atoms with van der Waals surface area (Å²) in [6.07, 6.45) is 10.7. The molecule has 0 unspecified atom stereocenters. The maximum atomic E-state index is 6.01. The Labute approximate surface area is 181 Å². The maximum absolute atomic E-state index is 6.01. The van der Waals surface area contributed by atoms with Crippen LogP contribution in [0.5, 0.6) is 0 Å². The minimum absolute atomic E-state index is 0.201. The van der Waals surface area contributed by atoms with E-state index in [1.165, 1.54) is 49.1 Å². The van der Waals surface area contributed by atoms with E-state index in [9.17, 15) is 0 Å². The summed E-state index contributed by atoms with van der Waals surface area (Å²) in [5, 5.41) is 4.27. The van der Waals surface area contributed by atoms with Gasteiger partial charge in [0, 0.05) is 17.5 Å². The van der Waals surface area contributed by atoms with Crippen LogP contribution in [0.1, 0.15) is 71.3 Å². The number of hydrogen-bond acceptors (Lipinski definition) is 3. The van der Waals surface area contributed by atoms with Gasteiger partial charge in [-0.3, -0.25) is 0 Å². The highest BCUT2D eigenvalue weighted by Crippen LogP contribution is 2.66. The fourth-order valence-corrected chi connectivity index (χ4v) is 7.65. The van der Waals surface area contributed by atoms with Crippen LogP contribution < -0.4 is 5.84 Å². The van der Waals surface area contributed by atoms with Gasteiger partial charge in [-0.1, -0.05) is 44.2 Å². The third kappa shape index (κ3) is 2.81. The summed E-state index contributed by atoms with van der Waals surface area (Å²) in [6, 6.07) is 11.1. The Hall–Kier alpha value is -2.03. The third-order valence-electron chi connectivity index (χ3n) is 9.18. The largest absolute Gasteiger partial charge is 0.498 e. The van der Waals surface area contributed by atoms with E-state index >= 15 is 0 Å². The lowest BCUT2D eigenvalue weighted by atomic mass is 9.47. The molecule has 5 atom stereocenters. The molecule has 2 saturated carbocycles. The molecule has 0 radical (unpaired) electrons. The topological polar surface area (TPSA) is 47.6 Å². The lowest BCUT2D eigenvalue weighted by Crippen LogP contribution is -2.50. The highest BCUT2D eigenvalue weighted by molar-refractivity contribution is 5.92. The van der Waals surface area contributed by atoms with Gasteiger partial charge in [0.1, 0.15) is 0 Å². The highest BCUT2D eigenvalue weighted by atomic mass is 16.5. The standard InChI is InChI=1S/C27H36N2O/c1-4-30-19-12-14-26(2)23-13-15-27(3)22(10-11-25(27)29-28)21(23)17-20(24(26)16-19)18-8-6-5-7-9-18/h5-9,16,21-23H,4,10-15,17,28H2,1-3H3/b29-25+/t21-,22-,23-,26+,27-/m0/s1. The molecule has 0 spiro atoms. The second-order valence-corrected chi connectivity index (χ2v) is 10.4. The van der Waals surface area contributed by atoms with Crippen molar-refractivity contribution >= 4 is 11.3 Å². The Bertz CT molecular complexity index is 914. The first-order valence-electron chi connectivity index (χ1n) is 11.9. The van der Waals surface area contributed by atoms with Gasteiger partial charge < -0.3 is 10.6 Å². The van der Waals surface area contributed by atoms with Crippen molar-refractivity contribution < 1.29 is 4.74 Å². The Morgan fingerprint density at radius 1 is 1.03 bits per heavy atom. The normalized spacial score (nSPS) is 39.2. The van der Waals surface area contributed by atoms with E-state index in [0.29, 0.717) is 11.8 Å². The van der Waals surface area contributed by atoms with Crippen molar-refractivity contribution in [3.8, 4) is 0 Å². The van der Waals surface area contributed by atoms with Crippen molar-refractivity contribution in [2.75, 3.05) is 6.61 Å². The Kier molecular flexibility index (Phi) is 4.83. The lowest BCUT2D eigenvalue weighted by Gasteiger charge is -2.57. The monoisotopic (exact) mass is 404 g/mol. The van der Waals surface area contributed by atoms with Gasteiger partial charge in [0.25, 0.3) is 0 Å². The van der Waals surface area contributed by atoms with Crippen molar-refractivity contribution in [3.05, 3.63) is 53.3 Å². The van der Waals surface area contributed by atoms with Crippen LogP contribution in [0.3, 0.4) is 0 Å². The average Bonchev–Trinajstić information content (AvgIpc) is 3.11. The molecule has 3 heteroatoms. The first-order valence-corrected chi connectivity index (χ1v) is 11.9. The average molecular weight is 405 g/mol. The number of hydrazone groups is 1. The molecule has 0 bridgehead atoms. The van der Waals surface area contributed by atoms with Gasteiger partial charge in [0.2, 0.25) is 0 Å². The van der Waals surface area contributed by atoms with Crippen LogP contribution in [0.25, 0.3) is 5.57 Å². The summed E-state index contributed by atoms with van der Waals surface area (Å²) in [4.78, 5) is 0. The number of allylic oxidation sites excluding steroid dienone is 4. The van der Waals surface area contributed by atoms with Crippen LogP contribution in [0, 0.1) is 28.6 Å². The molecule has 2 fully saturated rings. The molecule has 0 aliphatic heterocycles. The minimum atomic E-state index is 0.201. The molecular formula is C27H36N2O. The molecule has 0 aromatic heterocycles. The Balaban J connectivity index is 1.64. The number of fused-ring (bicyclic) bond motifs is 5. The molecular weight excluding hydrogens is 368 g/mol. The van der Waals surface area contributed by atoms with Gasteiger partial charge in [0.15, 0.2) is 0 Å². The number of benzene rings is 1. The third-order valence-corrected chi connectivity index (χ3v) is 9.18. The van der Waals surface area contributed by atoms with E-state index in [0.717, 1.165) is 25.4 Å². The molecule has 5 rings (SSSR count). The molecule has 0 saturated heterocycles. The van der Waals surface area contributed by atoms with Crippen LogP contribution in [0.2, 0.25) is 0 Å². The van der Waals surface area contributed by atoms with Gasteiger partial charge in [-0.2, -0.15) is 5.10 Å². The highest BCUT2D eigenvalue weighted by Gasteiger charge is 2.58. The fraction of sp³-hybridized carbons (Fsp3) is 0.593. The van der Waals surface area contributed by atoms with Crippen molar-refractivity contribution in [2.24, 2.45) is 39.5 Å². The molecule has 0 heterocycles. The zero-order valence-electron chi connectivity index (χ0n) is 18.8. The number of nitrogens with two attached hydrogens (primary N) is 1. The zero-order valence-corrected chi connectivity index (χ0v) is 18.8. The molecule has 0 amide bonds. The van der Waals surface area contributed by atoms with E-state index in [1.54, 1.807) is 11.1 Å².